The van der Waals surface area contributed by atoms with Crippen molar-refractivity contribution in [2.75, 3.05) is 11.4 Å². The normalized spacial score (nSPS) is 16.6. The van der Waals surface area contributed by atoms with Gasteiger partial charge in [0.1, 0.15) is 11.5 Å². The number of nitrogens with zero attached hydrogens (tertiary/aromatic N) is 3. The lowest BCUT2D eigenvalue weighted by Gasteiger charge is -2.30. The van der Waals surface area contributed by atoms with Crippen LogP contribution in [0.4, 0.5) is 5.82 Å². The van der Waals surface area contributed by atoms with Crippen LogP contribution in [0.25, 0.3) is 0 Å². The molecule has 3 heterocycles. The molecule has 0 bridgehead atoms. The van der Waals surface area contributed by atoms with E-state index in [0.717, 1.165) is 30.6 Å². The number of rotatable bonds is 3. The Labute approximate surface area is 147 Å². The van der Waals surface area contributed by atoms with Crippen LogP contribution in [0.1, 0.15) is 47.1 Å². The SMILES string of the molecule is CCc1c(B(O)O)ccnc1N1CCn2c(cc3c2CCCC3)C1=O. The molecule has 1 aliphatic heterocycles. The molecule has 25 heavy (non-hydrogen) atoms. The maximum atomic E-state index is 13.1. The molecule has 6 nitrogen and oxygen atoms in total. The Balaban J connectivity index is 1.76. The Morgan fingerprint density at radius 2 is 2.04 bits per heavy atom. The van der Waals surface area contributed by atoms with Gasteiger partial charge in [-0.1, -0.05) is 6.92 Å². The number of carbonyl (C=O) groups is 1. The molecule has 2 aromatic heterocycles. The maximum absolute atomic E-state index is 13.1. The number of fused-ring (bicyclic) bond motifs is 3. The summed E-state index contributed by atoms with van der Waals surface area (Å²) in [6.07, 6.45) is 6.59. The van der Waals surface area contributed by atoms with Crippen molar-refractivity contribution >= 4 is 24.3 Å². The van der Waals surface area contributed by atoms with E-state index in [0.29, 0.717) is 24.2 Å². The molecule has 2 aromatic rings. The van der Waals surface area contributed by atoms with Gasteiger partial charge in [-0.05, 0) is 60.8 Å². The van der Waals surface area contributed by atoms with Gasteiger partial charge in [-0.15, -0.1) is 0 Å². The molecule has 0 saturated heterocycles. The van der Waals surface area contributed by atoms with Crippen molar-refractivity contribution in [3.8, 4) is 0 Å². The van der Waals surface area contributed by atoms with Crippen LogP contribution in [0.2, 0.25) is 0 Å². The second kappa shape index (κ2) is 6.31. The smallest absolute Gasteiger partial charge is 0.423 e. The summed E-state index contributed by atoms with van der Waals surface area (Å²) in [7, 11) is -1.56. The van der Waals surface area contributed by atoms with Crippen molar-refractivity contribution in [3.05, 3.63) is 40.8 Å². The molecule has 0 aromatic carbocycles. The monoisotopic (exact) mass is 339 g/mol. The number of pyridine rings is 1. The van der Waals surface area contributed by atoms with Gasteiger partial charge in [-0.3, -0.25) is 9.69 Å². The molecule has 2 aliphatic rings. The lowest BCUT2D eigenvalue weighted by molar-refractivity contribution is 0.0963. The number of anilines is 1. The van der Waals surface area contributed by atoms with E-state index in [4.69, 9.17) is 0 Å². The summed E-state index contributed by atoms with van der Waals surface area (Å²) in [4.78, 5) is 19.2. The number of hydrogen-bond acceptors (Lipinski definition) is 4. The molecule has 130 valence electrons. The summed E-state index contributed by atoms with van der Waals surface area (Å²) >= 11 is 0. The van der Waals surface area contributed by atoms with Crippen LogP contribution in [0.5, 0.6) is 0 Å². The molecule has 1 amide bonds. The maximum Gasteiger partial charge on any atom is 0.488 e. The summed E-state index contributed by atoms with van der Waals surface area (Å²) in [5, 5.41) is 19.2. The number of aromatic nitrogens is 2. The minimum absolute atomic E-state index is 0.0487. The fourth-order valence-electron chi connectivity index (χ4n) is 4.17. The lowest BCUT2D eigenvalue weighted by atomic mass is 9.77. The molecule has 4 rings (SSSR count). The van der Waals surface area contributed by atoms with Gasteiger partial charge in [0.15, 0.2) is 0 Å². The Morgan fingerprint density at radius 3 is 2.80 bits per heavy atom. The fourth-order valence-corrected chi connectivity index (χ4v) is 4.17. The highest BCUT2D eigenvalue weighted by Gasteiger charge is 2.32. The number of hydrogen-bond donors (Lipinski definition) is 2. The highest BCUT2D eigenvalue weighted by Crippen LogP contribution is 2.30. The summed E-state index contributed by atoms with van der Waals surface area (Å²) in [6, 6.07) is 3.64. The largest absolute Gasteiger partial charge is 0.488 e. The number of amides is 1. The van der Waals surface area contributed by atoms with Gasteiger partial charge >= 0.3 is 7.12 Å². The average molecular weight is 339 g/mol. The molecule has 0 spiro atoms. The van der Waals surface area contributed by atoms with Crippen LogP contribution in [-0.4, -0.2) is 39.2 Å². The number of carbonyl (C=O) groups excluding carboxylic acids is 1. The first kappa shape index (κ1) is 16.4. The van der Waals surface area contributed by atoms with Crippen LogP contribution in [0, 0.1) is 0 Å². The van der Waals surface area contributed by atoms with Gasteiger partial charge in [0.2, 0.25) is 0 Å². The van der Waals surface area contributed by atoms with Crippen molar-refractivity contribution in [1.29, 1.82) is 0 Å². The van der Waals surface area contributed by atoms with Crippen molar-refractivity contribution < 1.29 is 14.8 Å². The van der Waals surface area contributed by atoms with Crippen molar-refractivity contribution in [1.82, 2.24) is 9.55 Å². The summed E-state index contributed by atoms with van der Waals surface area (Å²) in [5.74, 6) is 0.496. The third-order valence-corrected chi connectivity index (χ3v) is 5.38. The van der Waals surface area contributed by atoms with Crippen LogP contribution in [0.15, 0.2) is 18.3 Å². The lowest BCUT2D eigenvalue weighted by Crippen LogP contribution is -2.43. The Kier molecular flexibility index (Phi) is 4.13. The average Bonchev–Trinajstić information content (AvgIpc) is 3.01. The van der Waals surface area contributed by atoms with E-state index in [-0.39, 0.29) is 5.91 Å². The first-order valence-corrected chi connectivity index (χ1v) is 8.99. The minimum Gasteiger partial charge on any atom is -0.423 e. The second-order valence-electron chi connectivity index (χ2n) is 6.75. The topological polar surface area (TPSA) is 78.6 Å². The summed E-state index contributed by atoms with van der Waals surface area (Å²) in [5.41, 5.74) is 4.49. The molecule has 1 aliphatic carbocycles. The summed E-state index contributed by atoms with van der Waals surface area (Å²) < 4.78 is 2.17. The highest BCUT2D eigenvalue weighted by molar-refractivity contribution is 6.59. The molecule has 0 atom stereocenters. The zero-order valence-electron chi connectivity index (χ0n) is 14.4. The van der Waals surface area contributed by atoms with E-state index in [1.807, 2.05) is 13.0 Å². The fraction of sp³-hybridized carbons (Fsp3) is 0.444. The Hall–Kier alpha value is -2.12. The van der Waals surface area contributed by atoms with E-state index in [1.54, 1.807) is 11.0 Å². The van der Waals surface area contributed by atoms with E-state index >= 15 is 0 Å². The minimum atomic E-state index is -1.56. The van der Waals surface area contributed by atoms with Crippen molar-refractivity contribution in [2.24, 2.45) is 0 Å². The molecule has 0 radical (unpaired) electrons. The van der Waals surface area contributed by atoms with Crippen LogP contribution in [-0.2, 0) is 25.8 Å². The number of aryl methyl sites for hydroxylation is 1. The van der Waals surface area contributed by atoms with Gasteiger partial charge in [-0.25, -0.2) is 4.98 Å². The quantitative estimate of drug-likeness (QED) is 0.806. The zero-order valence-corrected chi connectivity index (χ0v) is 14.4. The van der Waals surface area contributed by atoms with Crippen LogP contribution < -0.4 is 10.4 Å². The molecule has 7 heteroatoms. The van der Waals surface area contributed by atoms with Gasteiger partial charge in [-0.2, -0.15) is 0 Å². The van der Waals surface area contributed by atoms with Gasteiger partial charge < -0.3 is 14.6 Å². The van der Waals surface area contributed by atoms with Gasteiger partial charge in [0.25, 0.3) is 5.91 Å². The third-order valence-electron chi connectivity index (χ3n) is 5.38. The van der Waals surface area contributed by atoms with E-state index in [1.165, 1.54) is 30.3 Å². The first-order chi connectivity index (χ1) is 12.1. The molecule has 0 fully saturated rings. The molecule has 2 N–H and O–H groups in total. The second-order valence-corrected chi connectivity index (χ2v) is 6.75. The molecular weight excluding hydrogens is 317 g/mol. The van der Waals surface area contributed by atoms with Crippen molar-refractivity contribution in [3.63, 3.8) is 0 Å². The predicted octanol–water partition coefficient (Wildman–Crippen LogP) is 0.664. The standard InChI is InChI=1S/C18H22BN3O3/c1-2-13-14(19(24)25)7-8-20-17(13)22-10-9-21-15-6-4-3-5-12(15)11-16(21)18(22)23/h7-8,11,24-25H,2-6,9-10H2,1H3. The molecular formula is C18H22BN3O3. The van der Waals surface area contributed by atoms with Gasteiger partial charge in [0.05, 0.1) is 0 Å². The van der Waals surface area contributed by atoms with E-state index in [2.05, 4.69) is 9.55 Å². The van der Waals surface area contributed by atoms with Crippen LogP contribution >= 0.6 is 0 Å². The van der Waals surface area contributed by atoms with E-state index < -0.39 is 7.12 Å². The van der Waals surface area contributed by atoms with Crippen LogP contribution in [0.3, 0.4) is 0 Å². The Bertz CT molecular complexity index is 831. The van der Waals surface area contributed by atoms with Gasteiger partial charge in [0, 0.05) is 25.0 Å². The van der Waals surface area contributed by atoms with Crippen molar-refractivity contribution in [2.45, 2.75) is 45.6 Å². The van der Waals surface area contributed by atoms with E-state index in [9.17, 15) is 14.8 Å². The zero-order chi connectivity index (χ0) is 17.6. The molecule has 0 unspecified atom stereocenters. The molecule has 0 saturated carbocycles. The first-order valence-electron chi connectivity index (χ1n) is 8.99. The third kappa shape index (κ3) is 2.58. The Morgan fingerprint density at radius 1 is 1.24 bits per heavy atom. The highest BCUT2D eigenvalue weighted by atomic mass is 16.4. The summed E-state index contributed by atoms with van der Waals surface area (Å²) in [6.45, 7) is 3.24. The predicted molar refractivity (Wildman–Crippen MR) is 96.2 cm³/mol.